The number of hydrogen-bond donors (Lipinski definition) is 1. The summed E-state index contributed by atoms with van der Waals surface area (Å²) in [6.07, 6.45) is 3.29. The SMILES string of the molecule is Cc1noc(C)c1C(=O)N(C)C1CCCC1CN. The Balaban J connectivity index is 2.19. The minimum Gasteiger partial charge on any atom is -0.361 e. The van der Waals surface area contributed by atoms with E-state index >= 15 is 0 Å². The molecule has 0 spiro atoms. The average molecular weight is 251 g/mol. The van der Waals surface area contributed by atoms with Gasteiger partial charge in [0.15, 0.2) is 0 Å². The van der Waals surface area contributed by atoms with Gasteiger partial charge in [-0.1, -0.05) is 11.6 Å². The molecule has 18 heavy (non-hydrogen) atoms. The lowest BCUT2D eigenvalue weighted by Gasteiger charge is -2.29. The molecule has 2 atom stereocenters. The first-order valence-electron chi connectivity index (χ1n) is 6.46. The van der Waals surface area contributed by atoms with Gasteiger partial charge in [0.2, 0.25) is 0 Å². The molecule has 1 fully saturated rings. The minimum absolute atomic E-state index is 0.00315. The van der Waals surface area contributed by atoms with Crippen LogP contribution in [0.3, 0.4) is 0 Å². The second-order valence-corrected chi connectivity index (χ2v) is 5.11. The van der Waals surface area contributed by atoms with Gasteiger partial charge in [-0.3, -0.25) is 4.79 Å². The standard InChI is InChI=1S/C13H21N3O2/c1-8-12(9(2)18-15-8)13(17)16(3)11-6-4-5-10(11)7-14/h10-11H,4-7,14H2,1-3H3. The van der Waals surface area contributed by atoms with Crippen molar-refractivity contribution < 1.29 is 9.32 Å². The van der Waals surface area contributed by atoms with Crippen molar-refractivity contribution in [1.29, 1.82) is 0 Å². The first-order valence-corrected chi connectivity index (χ1v) is 6.46. The highest BCUT2D eigenvalue weighted by Crippen LogP contribution is 2.30. The molecule has 1 aliphatic carbocycles. The molecule has 1 aliphatic rings. The number of nitrogens with two attached hydrogens (primary N) is 1. The Hall–Kier alpha value is -1.36. The lowest BCUT2D eigenvalue weighted by molar-refractivity contribution is 0.0697. The molecule has 1 aromatic rings. The summed E-state index contributed by atoms with van der Waals surface area (Å²) in [5.74, 6) is 1.00. The number of amides is 1. The molecule has 2 unspecified atom stereocenters. The summed E-state index contributed by atoms with van der Waals surface area (Å²) < 4.78 is 5.06. The van der Waals surface area contributed by atoms with Crippen LogP contribution in [0.2, 0.25) is 0 Å². The Morgan fingerprint density at radius 1 is 1.50 bits per heavy atom. The third-order valence-corrected chi connectivity index (χ3v) is 3.99. The first kappa shape index (κ1) is 13.1. The molecule has 5 nitrogen and oxygen atoms in total. The van der Waals surface area contributed by atoms with Crippen molar-refractivity contribution in [2.75, 3.05) is 13.6 Å². The summed E-state index contributed by atoms with van der Waals surface area (Å²) in [5.41, 5.74) is 7.03. The van der Waals surface area contributed by atoms with Crippen molar-refractivity contribution in [1.82, 2.24) is 10.1 Å². The third-order valence-electron chi connectivity index (χ3n) is 3.99. The van der Waals surface area contributed by atoms with Crippen LogP contribution < -0.4 is 5.73 Å². The van der Waals surface area contributed by atoms with Crippen LogP contribution in [0.15, 0.2) is 4.52 Å². The van der Waals surface area contributed by atoms with E-state index in [9.17, 15) is 4.79 Å². The molecular formula is C13H21N3O2. The second kappa shape index (κ2) is 5.10. The van der Waals surface area contributed by atoms with Crippen LogP contribution in [0.5, 0.6) is 0 Å². The van der Waals surface area contributed by atoms with E-state index in [0.717, 1.165) is 19.3 Å². The summed E-state index contributed by atoms with van der Waals surface area (Å²) in [7, 11) is 1.85. The van der Waals surface area contributed by atoms with E-state index in [1.165, 1.54) is 0 Å². The minimum atomic E-state index is -0.00315. The summed E-state index contributed by atoms with van der Waals surface area (Å²) in [6, 6.07) is 0.246. The van der Waals surface area contributed by atoms with Crippen molar-refractivity contribution in [3.63, 3.8) is 0 Å². The fourth-order valence-electron chi connectivity index (χ4n) is 2.92. The normalized spacial score (nSPS) is 23.3. The van der Waals surface area contributed by atoms with Crippen LogP contribution in [0.4, 0.5) is 0 Å². The lowest BCUT2D eigenvalue weighted by atomic mass is 10.0. The van der Waals surface area contributed by atoms with E-state index in [2.05, 4.69) is 5.16 Å². The molecule has 2 rings (SSSR count). The average Bonchev–Trinajstić information content (AvgIpc) is 2.94. The molecular weight excluding hydrogens is 230 g/mol. The summed E-state index contributed by atoms with van der Waals surface area (Å²) in [4.78, 5) is 14.3. The van der Waals surface area contributed by atoms with Gasteiger partial charge in [-0.15, -0.1) is 0 Å². The predicted octanol–water partition coefficient (Wildman–Crippen LogP) is 1.49. The first-order chi connectivity index (χ1) is 8.56. The van der Waals surface area contributed by atoms with Crippen molar-refractivity contribution in [3.05, 3.63) is 17.0 Å². The van der Waals surface area contributed by atoms with Gasteiger partial charge in [0.05, 0.1) is 5.69 Å². The molecule has 0 radical (unpaired) electrons. The van der Waals surface area contributed by atoms with E-state index in [4.69, 9.17) is 10.3 Å². The molecule has 1 saturated carbocycles. The molecule has 1 aromatic heterocycles. The molecule has 2 N–H and O–H groups in total. The van der Waals surface area contributed by atoms with Gasteiger partial charge < -0.3 is 15.2 Å². The highest BCUT2D eigenvalue weighted by molar-refractivity contribution is 5.96. The van der Waals surface area contributed by atoms with Crippen molar-refractivity contribution in [2.45, 2.75) is 39.2 Å². The fraction of sp³-hybridized carbons (Fsp3) is 0.692. The molecule has 0 bridgehead atoms. The fourth-order valence-corrected chi connectivity index (χ4v) is 2.92. The molecule has 0 saturated heterocycles. The highest BCUT2D eigenvalue weighted by atomic mass is 16.5. The largest absolute Gasteiger partial charge is 0.361 e. The van der Waals surface area contributed by atoms with Gasteiger partial charge in [0.1, 0.15) is 11.3 Å². The summed E-state index contributed by atoms with van der Waals surface area (Å²) in [6.45, 7) is 4.21. The molecule has 1 amide bonds. The van der Waals surface area contributed by atoms with Crippen LogP contribution in [0.1, 0.15) is 41.1 Å². The second-order valence-electron chi connectivity index (χ2n) is 5.11. The van der Waals surface area contributed by atoms with Crippen molar-refractivity contribution in [2.24, 2.45) is 11.7 Å². The van der Waals surface area contributed by atoms with Crippen molar-refractivity contribution >= 4 is 5.91 Å². The highest BCUT2D eigenvalue weighted by Gasteiger charge is 2.33. The number of carbonyl (C=O) groups excluding carboxylic acids is 1. The summed E-state index contributed by atoms with van der Waals surface area (Å²) in [5, 5.41) is 3.84. The maximum Gasteiger partial charge on any atom is 0.259 e. The van der Waals surface area contributed by atoms with Gasteiger partial charge >= 0.3 is 0 Å². The topological polar surface area (TPSA) is 72.4 Å². The Morgan fingerprint density at radius 2 is 2.22 bits per heavy atom. The third kappa shape index (κ3) is 2.14. The van der Waals surface area contributed by atoms with E-state index in [0.29, 0.717) is 29.5 Å². The zero-order valence-electron chi connectivity index (χ0n) is 11.3. The van der Waals surface area contributed by atoms with Crippen LogP contribution in [0, 0.1) is 19.8 Å². The van der Waals surface area contributed by atoms with E-state index in [1.807, 2.05) is 11.9 Å². The Morgan fingerprint density at radius 3 is 2.78 bits per heavy atom. The number of nitrogens with zero attached hydrogens (tertiary/aromatic N) is 2. The monoisotopic (exact) mass is 251 g/mol. The van der Waals surface area contributed by atoms with Crippen LogP contribution >= 0.6 is 0 Å². The van der Waals surface area contributed by atoms with Gasteiger partial charge in [-0.05, 0) is 39.2 Å². The van der Waals surface area contributed by atoms with Gasteiger partial charge in [0.25, 0.3) is 5.91 Å². The van der Waals surface area contributed by atoms with Crippen LogP contribution in [-0.4, -0.2) is 35.6 Å². The zero-order chi connectivity index (χ0) is 13.3. The molecule has 0 aliphatic heterocycles. The number of hydrogen-bond acceptors (Lipinski definition) is 4. The zero-order valence-corrected chi connectivity index (χ0v) is 11.3. The number of carbonyl (C=O) groups is 1. The smallest absolute Gasteiger partial charge is 0.259 e. The Bertz CT molecular complexity index is 422. The maximum absolute atomic E-state index is 12.5. The number of rotatable bonds is 3. The van der Waals surface area contributed by atoms with Gasteiger partial charge in [-0.2, -0.15) is 0 Å². The van der Waals surface area contributed by atoms with E-state index < -0.39 is 0 Å². The van der Waals surface area contributed by atoms with Gasteiger partial charge in [-0.25, -0.2) is 0 Å². The quantitative estimate of drug-likeness (QED) is 0.883. The number of aromatic nitrogens is 1. The van der Waals surface area contributed by atoms with E-state index in [1.54, 1.807) is 13.8 Å². The lowest BCUT2D eigenvalue weighted by Crippen LogP contribution is -2.41. The summed E-state index contributed by atoms with van der Waals surface area (Å²) >= 11 is 0. The molecule has 1 heterocycles. The number of aryl methyl sites for hydroxylation is 2. The Labute approximate surface area is 107 Å². The van der Waals surface area contributed by atoms with Crippen LogP contribution in [0.25, 0.3) is 0 Å². The van der Waals surface area contributed by atoms with Crippen molar-refractivity contribution in [3.8, 4) is 0 Å². The maximum atomic E-state index is 12.5. The predicted molar refractivity (Wildman–Crippen MR) is 68.3 cm³/mol. The molecule has 5 heteroatoms. The van der Waals surface area contributed by atoms with Gasteiger partial charge in [0, 0.05) is 13.1 Å². The molecule has 100 valence electrons. The van der Waals surface area contributed by atoms with Crippen LogP contribution in [-0.2, 0) is 0 Å². The van der Waals surface area contributed by atoms with E-state index in [-0.39, 0.29) is 11.9 Å². The molecule has 0 aromatic carbocycles. The Kier molecular flexibility index (Phi) is 3.71.